The number of benzene rings is 1. The van der Waals surface area contributed by atoms with Gasteiger partial charge in [-0.1, -0.05) is 25.1 Å². The molecule has 0 aliphatic heterocycles. The minimum absolute atomic E-state index is 0.364. The van der Waals surface area contributed by atoms with Crippen molar-refractivity contribution >= 4 is 0 Å². The first kappa shape index (κ1) is 15.0. The topological polar surface area (TPSA) is 24.5 Å². The largest absolute Gasteiger partial charge is 0.496 e. The van der Waals surface area contributed by atoms with Gasteiger partial charge in [0.15, 0.2) is 0 Å². The molecule has 0 radical (unpaired) electrons. The van der Waals surface area contributed by atoms with Crippen LogP contribution in [0.25, 0.3) is 0 Å². The van der Waals surface area contributed by atoms with Crippen LogP contribution in [0, 0.1) is 0 Å². The quantitative estimate of drug-likeness (QED) is 0.767. The predicted octanol–water partition coefficient (Wildman–Crippen LogP) is 2.69. The summed E-state index contributed by atoms with van der Waals surface area (Å²) in [6.07, 6.45) is 2.24. The highest BCUT2D eigenvalue weighted by molar-refractivity contribution is 5.35. The molecule has 18 heavy (non-hydrogen) atoms. The molecule has 1 N–H and O–H groups in total. The summed E-state index contributed by atoms with van der Waals surface area (Å²) in [6.45, 7) is 4.30. The number of hydrogen-bond acceptors (Lipinski definition) is 3. The van der Waals surface area contributed by atoms with Crippen LogP contribution < -0.4 is 10.1 Å². The molecule has 0 fully saturated rings. The Balaban J connectivity index is 2.79. The van der Waals surface area contributed by atoms with Crippen molar-refractivity contribution in [1.82, 2.24) is 10.2 Å². The SMILES string of the molecule is CCCNC(CCN(C)C)c1ccccc1OC. The normalized spacial score (nSPS) is 12.7. The number of nitrogens with one attached hydrogen (secondary N) is 1. The van der Waals surface area contributed by atoms with Crippen molar-refractivity contribution in [1.29, 1.82) is 0 Å². The second-order valence-electron chi connectivity index (χ2n) is 4.84. The minimum Gasteiger partial charge on any atom is -0.496 e. The van der Waals surface area contributed by atoms with Gasteiger partial charge in [-0.05, 0) is 46.1 Å². The highest BCUT2D eigenvalue weighted by Crippen LogP contribution is 2.26. The smallest absolute Gasteiger partial charge is 0.123 e. The standard InChI is InChI=1S/C15H26N2O/c1-5-11-16-14(10-12-17(2)3)13-8-6-7-9-15(13)18-4/h6-9,14,16H,5,10-12H2,1-4H3. The molecule has 0 aliphatic carbocycles. The average Bonchev–Trinajstić information content (AvgIpc) is 2.38. The highest BCUT2D eigenvalue weighted by Gasteiger charge is 2.14. The summed E-state index contributed by atoms with van der Waals surface area (Å²) in [5.74, 6) is 0.977. The Morgan fingerprint density at radius 2 is 2.00 bits per heavy atom. The molecule has 1 aromatic rings. The van der Waals surface area contributed by atoms with Crippen LogP contribution in [0.4, 0.5) is 0 Å². The van der Waals surface area contributed by atoms with Crippen LogP contribution in [0.5, 0.6) is 5.75 Å². The van der Waals surface area contributed by atoms with E-state index >= 15 is 0 Å². The molecule has 102 valence electrons. The van der Waals surface area contributed by atoms with E-state index in [1.54, 1.807) is 7.11 Å². The lowest BCUT2D eigenvalue weighted by atomic mass is 10.0. The molecule has 1 atom stereocenters. The Morgan fingerprint density at radius 1 is 1.28 bits per heavy atom. The van der Waals surface area contributed by atoms with Crippen molar-refractivity contribution in [2.24, 2.45) is 0 Å². The molecule has 0 aromatic heterocycles. The number of rotatable bonds is 8. The van der Waals surface area contributed by atoms with Crippen LogP contribution in [0.1, 0.15) is 31.4 Å². The molecule has 0 spiro atoms. The molecule has 0 aliphatic rings. The van der Waals surface area contributed by atoms with Crippen molar-refractivity contribution in [3.63, 3.8) is 0 Å². The molecule has 3 heteroatoms. The molecule has 3 nitrogen and oxygen atoms in total. The van der Waals surface area contributed by atoms with E-state index in [2.05, 4.69) is 43.4 Å². The van der Waals surface area contributed by atoms with Crippen LogP contribution in [0.15, 0.2) is 24.3 Å². The first-order valence-corrected chi connectivity index (χ1v) is 6.70. The third-order valence-corrected chi connectivity index (χ3v) is 3.02. The summed E-state index contributed by atoms with van der Waals surface area (Å²) in [5, 5.41) is 3.61. The van der Waals surface area contributed by atoms with E-state index in [0.29, 0.717) is 6.04 Å². The molecular weight excluding hydrogens is 224 g/mol. The fourth-order valence-corrected chi connectivity index (χ4v) is 2.03. The van der Waals surface area contributed by atoms with E-state index in [4.69, 9.17) is 4.74 Å². The lowest BCUT2D eigenvalue weighted by molar-refractivity contribution is 0.350. The number of nitrogens with zero attached hydrogens (tertiary/aromatic N) is 1. The summed E-state index contributed by atoms with van der Waals surface area (Å²) in [5.41, 5.74) is 1.26. The Bertz CT molecular complexity index is 339. The maximum absolute atomic E-state index is 5.46. The van der Waals surface area contributed by atoms with Gasteiger partial charge < -0.3 is 15.0 Å². The molecule has 1 aromatic carbocycles. The Hall–Kier alpha value is -1.06. The third-order valence-electron chi connectivity index (χ3n) is 3.02. The van der Waals surface area contributed by atoms with Gasteiger partial charge in [0.25, 0.3) is 0 Å². The number of methoxy groups -OCH3 is 1. The predicted molar refractivity (Wildman–Crippen MR) is 77.2 cm³/mol. The third kappa shape index (κ3) is 4.67. The zero-order valence-electron chi connectivity index (χ0n) is 12.1. The summed E-state index contributed by atoms with van der Waals surface area (Å²) < 4.78 is 5.46. The van der Waals surface area contributed by atoms with E-state index < -0.39 is 0 Å². The van der Waals surface area contributed by atoms with Gasteiger partial charge in [0.2, 0.25) is 0 Å². The monoisotopic (exact) mass is 250 g/mol. The van der Waals surface area contributed by atoms with Gasteiger partial charge in [0.05, 0.1) is 7.11 Å². The van der Waals surface area contributed by atoms with Gasteiger partial charge in [-0.25, -0.2) is 0 Å². The number of ether oxygens (including phenoxy) is 1. The lowest BCUT2D eigenvalue weighted by Gasteiger charge is -2.22. The molecule has 0 saturated heterocycles. The van der Waals surface area contributed by atoms with E-state index in [9.17, 15) is 0 Å². The van der Waals surface area contributed by atoms with Gasteiger partial charge in [0, 0.05) is 11.6 Å². The lowest BCUT2D eigenvalue weighted by Crippen LogP contribution is -2.26. The second-order valence-corrected chi connectivity index (χ2v) is 4.84. The first-order chi connectivity index (χ1) is 8.69. The van der Waals surface area contributed by atoms with Crippen LogP contribution in [0.2, 0.25) is 0 Å². The number of hydrogen-bond donors (Lipinski definition) is 1. The fourth-order valence-electron chi connectivity index (χ4n) is 2.03. The van der Waals surface area contributed by atoms with Crippen molar-refractivity contribution in [2.75, 3.05) is 34.3 Å². The average molecular weight is 250 g/mol. The van der Waals surface area contributed by atoms with Crippen LogP contribution >= 0.6 is 0 Å². The van der Waals surface area contributed by atoms with Gasteiger partial charge in [0.1, 0.15) is 5.75 Å². The van der Waals surface area contributed by atoms with E-state index in [1.165, 1.54) is 5.56 Å². The summed E-state index contributed by atoms with van der Waals surface area (Å²) in [4.78, 5) is 2.22. The Morgan fingerprint density at radius 3 is 2.61 bits per heavy atom. The molecule has 1 rings (SSSR count). The van der Waals surface area contributed by atoms with Gasteiger partial charge in [-0.15, -0.1) is 0 Å². The molecule has 1 unspecified atom stereocenters. The molecule has 0 bridgehead atoms. The molecule has 0 saturated carbocycles. The van der Waals surface area contributed by atoms with Crippen molar-refractivity contribution in [2.45, 2.75) is 25.8 Å². The van der Waals surface area contributed by atoms with Gasteiger partial charge >= 0.3 is 0 Å². The zero-order valence-corrected chi connectivity index (χ0v) is 12.1. The van der Waals surface area contributed by atoms with Crippen LogP contribution in [0.3, 0.4) is 0 Å². The van der Waals surface area contributed by atoms with E-state index in [0.717, 1.165) is 31.7 Å². The van der Waals surface area contributed by atoms with E-state index in [1.807, 2.05) is 12.1 Å². The first-order valence-electron chi connectivity index (χ1n) is 6.70. The van der Waals surface area contributed by atoms with Crippen LogP contribution in [-0.4, -0.2) is 39.2 Å². The molecule has 0 amide bonds. The zero-order chi connectivity index (χ0) is 13.4. The van der Waals surface area contributed by atoms with Gasteiger partial charge in [-0.3, -0.25) is 0 Å². The Labute approximate surface area is 111 Å². The van der Waals surface area contributed by atoms with Crippen LogP contribution in [-0.2, 0) is 0 Å². The second kappa shape index (κ2) is 8.11. The molecule has 0 heterocycles. The van der Waals surface area contributed by atoms with Crippen molar-refractivity contribution in [3.8, 4) is 5.75 Å². The Kier molecular flexibility index (Phi) is 6.76. The van der Waals surface area contributed by atoms with Crippen molar-refractivity contribution in [3.05, 3.63) is 29.8 Å². The summed E-state index contributed by atoms with van der Waals surface area (Å²) >= 11 is 0. The maximum atomic E-state index is 5.46. The maximum Gasteiger partial charge on any atom is 0.123 e. The minimum atomic E-state index is 0.364. The van der Waals surface area contributed by atoms with Crippen molar-refractivity contribution < 1.29 is 4.74 Å². The molecular formula is C15H26N2O. The fraction of sp³-hybridized carbons (Fsp3) is 0.600. The highest BCUT2D eigenvalue weighted by atomic mass is 16.5. The summed E-state index contributed by atoms with van der Waals surface area (Å²) in [7, 11) is 5.96. The number of para-hydroxylation sites is 1. The summed E-state index contributed by atoms with van der Waals surface area (Å²) in [6, 6.07) is 8.65. The van der Waals surface area contributed by atoms with Gasteiger partial charge in [-0.2, -0.15) is 0 Å². The van der Waals surface area contributed by atoms with E-state index in [-0.39, 0.29) is 0 Å².